The van der Waals surface area contributed by atoms with E-state index < -0.39 is 15.6 Å². The fourth-order valence-electron chi connectivity index (χ4n) is 1.16. The van der Waals surface area contributed by atoms with Crippen LogP contribution in [0.4, 0.5) is 0 Å². The zero-order chi connectivity index (χ0) is 6.74. The molecule has 3 heteroatoms. The molecule has 54 valence electrons. The second kappa shape index (κ2) is 3.77. The third-order valence-electron chi connectivity index (χ3n) is 1.89. The van der Waals surface area contributed by atoms with E-state index in [9.17, 15) is 0 Å². The van der Waals surface area contributed by atoms with Gasteiger partial charge in [0, 0.05) is 0 Å². The summed E-state index contributed by atoms with van der Waals surface area (Å²) in [6.07, 6.45) is 0. The van der Waals surface area contributed by atoms with E-state index in [1.807, 2.05) is 0 Å². The molecule has 1 saturated heterocycles. The Morgan fingerprint density at radius 2 is 1.56 bits per heavy atom. The van der Waals surface area contributed by atoms with Gasteiger partial charge in [0.1, 0.15) is 0 Å². The fraction of sp³-hybridized carbons (Fsp3) is 1.00. The van der Waals surface area contributed by atoms with Crippen molar-refractivity contribution in [2.24, 2.45) is 0 Å². The summed E-state index contributed by atoms with van der Waals surface area (Å²) in [5.74, 6) is 2.92. The van der Waals surface area contributed by atoms with Crippen molar-refractivity contribution in [3.63, 3.8) is 0 Å². The van der Waals surface area contributed by atoms with E-state index in [0.29, 0.717) is 0 Å². The maximum atomic E-state index is 2.39. The fourth-order valence-corrected chi connectivity index (χ4v) is 28.3. The molecule has 0 aliphatic carbocycles. The summed E-state index contributed by atoms with van der Waals surface area (Å²) in [6.45, 7) is 4.79. The third-order valence-corrected chi connectivity index (χ3v) is 35.2. The first-order valence-corrected chi connectivity index (χ1v) is 16.6. The third kappa shape index (κ3) is 1.96. The Morgan fingerprint density at radius 1 is 1.11 bits per heavy atom. The number of hydrogen-bond acceptors (Lipinski definition) is 2. The Bertz CT molecular complexity index is 83.1. The molecule has 0 N–H and O–H groups in total. The molecule has 1 aliphatic heterocycles. The van der Waals surface area contributed by atoms with Gasteiger partial charge in [0.2, 0.25) is 0 Å². The van der Waals surface area contributed by atoms with Crippen LogP contribution in [0.25, 0.3) is 0 Å². The van der Waals surface area contributed by atoms with E-state index >= 15 is 0 Å². The van der Waals surface area contributed by atoms with Gasteiger partial charge in [-0.2, -0.15) is 0 Å². The van der Waals surface area contributed by atoms with Gasteiger partial charge >= 0.3 is 67.7 Å². The van der Waals surface area contributed by atoms with Crippen LogP contribution in [0.5, 0.6) is 0 Å². The summed E-state index contributed by atoms with van der Waals surface area (Å²) >= 11 is -1.44. The van der Waals surface area contributed by atoms with E-state index in [1.54, 1.807) is 8.87 Å². The topological polar surface area (TPSA) is 0 Å². The quantitative estimate of drug-likeness (QED) is 0.707. The van der Waals surface area contributed by atoms with Crippen LogP contribution >= 0.6 is 17.9 Å². The van der Waals surface area contributed by atoms with Crippen LogP contribution in [0, 0.1) is 0 Å². The summed E-state index contributed by atoms with van der Waals surface area (Å²) in [7, 11) is 4.73. The minimum atomic E-state index is -1.44. The van der Waals surface area contributed by atoms with Crippen molar-refractivity contribution in [1.29, 1.82) is 0 Å². The van der Waals surface area contributed by atoms with Crippen molar-refractivity contribution in [3.05, 3.63) is 0 Å². The van der Waals surface area contributed by atoms with Gasteiger partial charge in [0.25, 0.3) is 0 Å². The molecule has 0 aromatic rings. The van der Waals surface area contributed by atoms with E-state index in [4.69, 9.17) is 0 Å². The molecule has 0 atom stereocenters. The Balaban J connectivity index is 2.45. The SMILES string of the molecule is C[CH2][Sn]1([CH2]C)[S]CC[S]1. The first kappa shape index (κ1) is 8.59. The van der Waals surface area contributed by atoms with Gasteiger partial charge in [-0.1, -0.05) is 0 Å². The predicted octanol–water partition coefficient (Wildman–Crippen LogP) is 2.95. The van der Waals surface area contributed by atoms with Crippen molar-refractivity contribution in [3.8, 4) is 0 Å². The van der Waals surface area contributed by atoms with E-state index in [2.05, 4.69) is 31.7 Å². The molecule has 0 radical (unpaired) electrons. The van der Waals surface area contributed by atoms with Gasteiger partial charge in [0.05, 0.1) is 0 Å². The van der Waals surface area contributed by atoms with Crippen LogP contribution in [-0.2, 0) is 0 Å². The van der Waals surface area contributed by atoms with Crippen LogP contribution < -0.4 is 0 Å². The molecule has 0 nitrogen and oxygen atoms in total. The molecule has 0 aromatic carbocycles. The van der Waals surface area contributed by atoms with Crippen LogP contribution in [0.3, 0.4) is 0 Å². The summed E-state index contributed by atoms with van der Waals surface area (Å²) in [5.41, 5.74) is 0. The van der Waals surface area contributed by atoms with E-state index in [1.165, 1.54) is 11.5 Å². The molecular weight excluding hydrogens is 255 g/mol. The zero-order valence-corrected chi connectivity index (χ0v) is 10.6. The van der Waals surface area contributed by atoms with Crippen molar-refractivity contribution in [2.75, 3.05) is 11.5 Å². The number of hydrogen-bond donors (Lipinski definition) is 0. The Labute approximate surface area is 67.3 Å². The van der Waals surface area contributed by atoms with Gasteiger partial charge in [0.15, 0.2) is 0 Å². The minimum absolute atomic E-state index is 1.44. The Kier molecular flexibility index (Phi) is 3.60. The van der Waals surface area contributed by atoms with E-state index in [0.717, 1.165) is 0 Å². The van der Waals surface area contributed by atoms with Crippen LogP contribution in [0.1, 0.15) is 13.8 Å². The van der Waals surface area contributed by atoms with Gasteiger partial charge < -0.3 is 0 Å². The Hall–Kier alpha value is 1.50. The first-order chi connectivity index (χ1) is 4.33. The second-order valence-corrected chi connectivity index (χ2v) is 30.1. The van der Waals surface area contributed by atoms with Crippen LogP contribution in [0.15, 0.2) is 0 Å². The van der Waals surface area contributed by atoms with Crippen molar-refractivity contribution in [1.82, 2.24) is 0 Å². The van der Waals surface area contributed by atoms with Gasteiger partial charge in [-0.3, -0.25) is 0 Å². The molecule has 1 fully saturated rings. The molecule has 0 spiro atoms. The molecule has 0 bridgehead atoms. The number of rotatable bonds is 2. The van der Waals surface area contributed by atoms with Crippen molar-refractivity contribution >= 4 is 33.5 Å². The zero-order valence-electron chi connectivity index (χ0n) is 6.14. The molecule has 0 saturated carbocycles. The van der Waals surface area contributed by atoms with Crippen LogP contribution in [-0.4, -0.2) is 27.1 Å². The average molecular weight is 269 g/mol. The standard InChI is InChI=1S/C2H6S2.2C2H5.Sn/c3-1-2-4;2*1-2;/h3-4H,1-2H2;2*1H2,2H3;/q;;;+2/p-2. The van der Waals surface area contributed by atoms with Crippen LogP contribution in [0.2, 0.25) is 8.87 Å². The first-order valence-electron chi connectivity index (χ1n) is 3.61. The summed E-state index contributed by atoms with van der Waals surface area (Å²) in [6, 6.07) is 0. The summed E-state index contributed by atoms with van der Waals surface area (Å²) < 4.78 is 3.08. The summed E-state index contributed by atoms with van der Waals surface area (Å²) in [4.78, 5) is 0. The second-order valence-electron chi connectivity index (χ2n) is 2.31. The van der Waals surface area contributed by atoms with Gasteiger partial charge in [-0.25, -0.2) is 0 Å². The molecule has 0 aromatic heterocycles. The maximum absolute atomic E-state index is 2.39. The average Bonchev–Trinajstić information content (AvgIpc) is 2.36. The van der Waals surface area contributed by atoms with E-state index in [-0.39, 0.29) is 0 Å². The molecule has 1 rings (SSSR count). The van der Waals surface area contributed by atoms with Crippen molar-refractivity contribution in [2.45, 2.75) is 22.7 Å². The Morgan fingerprint density at radius 3 is 1.78 bits per heavy atom. The molecule has 0 amide bonds. The van der Waals surface area contributed by atoms with Gasteiger partial charge in [-0.15, -0.1) is 0 Å². The van der Waals surface area contributed by atoms with Crippen molar-refractivity contribution < 1.29 is 0 Å². The molecule has 1 heterocycles. The predicted molar refractivity (Wildman–Crippen MR) is 51.6 cm³/mol. The molecule has 9 heavy (non-hydrogen) atoms. The normalized spacial score (nSPS) is 24.7. The molecule has 0 unspecified atom stereocenters. The summed E-state index contributed by atoms with van der Waals surface area (Å²) in [5, 5.41) is 0. The monoisotopic (exact) mass is 270 g/mol. The van der Waals surface area contributed by atoms with Gasteiger partial charge in [-0.05, 0) is 0 Å². The molecule has 1 aliphatic rings. The molecular formula is C6H14S2Sn.